The van der Waals surface area contributed by atoms with Crippen LogP contribution in [0.3, 0.4) is 0 Å². The van der Waals surface area contributed by atoms with Crippen molar-refractivity contribution in [2.45, 2.75) is 59.2 Å². The Labute approximate surface area is 128 Å². The minimum atomic E-state index is -0.0201. The lowest BCUT2D eigenvalue weighted by Gasteiger charge is -2.27. The lowest BCUT2D eigenvalue weighted by atomic mass is 10.1. The van der Waals surface area contributed by atoms with E-state index in [0.717, 1.165) is 25.8 Å². The number of benzene rings is 1. The van der Waals surface area contributed by atoms with Crippen molar-refractivity contribution in [3.8, 4) is 0 Å². The molecule has 1 aromatic carbocycles. The Bertz CT molecular complexity index is 484. The summed E-state index contributed by atoms with van der Waals surface area (Å²) in [7, 11) is 0. The molecule has 21 heavy (non-hydrogen) atoms. The highest BCUT2D eigenvalue weighted by Gasteiger charge is 2.39. The van der Waals surface area contributed by atoms with Crippen LogP contribution in [0, 0.1) is 12.8 Å². The zero-order chi connectivity index (χ0) is 15.4. The molecule has 1 aliphatic heterocycles. The van der Waals surface area contributed by atoms with Gasteiger partial charge in [-0.1, -0.05) is 57.9 Å². The van der Waals surface area contributed by atoms with Gasteiger partial charge in [0.05, 0.1) is 6.04 Å². The third-order valence-corrected chi connectivity index (χ3v) is 4.14. The quantitative estimate of drug-likeness (QED) is 0.866. The van der Waals surface area contributed by atoms with E-state index in [1.54, 1.807) is 0 Å². The molecular formula is C18H28N2O. The first-order valence-corrected chi connectivity index (χ1v) is 8.16. The predicted molar refractivity (Wildman–Crippen MR) is 86.9 cm³/mol. The van der Waals surface area contributed by atoms with Crippen molar-refractivity contribution < 1.29 is 4.79 Å². The summed E-state index contributed by atoms with van der Waals surface area (Å²) in [6, 6.07) is 8.34. The number of carbonyl (C=O) groups is 1. The summed E-state index contributed by atoms with van der Waals surface area (Å²) in [5.74, 6) is 0.748. The summed E-state index contributed by atoms with van der Waals surface area (Å²) in [6.45, 7) is 9.44. The molecule has 0 radical (unpaired) electrons. The van der Waals surface area contributed by atoms with E-state index in [4.69, 9.17) is 0 Å². The summed E-state index contributed by atoms with van der Waals surface area (Å²) in [5, 5.41) is 3.56. The monoisotopic (exact) mass is 288 g/mol. The second kappa shape index (κ2) is 7.08. The lowest BCUT2D eigenvalue weighted by molar-refractivity contribution is -0.130. The maximum absolute atomic E-state index is 12.7. The van der Waals surface area contributed by atoms with Crippen molar-refractivity contribution in [2.24, 2.45) is 5.92 Å². The normalized spacial score (nSPS) is 22.3. The Balaban J connectivity index is 2.24. The van der Waals surface area contributed by atoms with Gasteiger partial charge in [0.2, 0.25) is 5.91 Å². The van der Waals surface area contributed by atoms with Crippen molar-refractivity contribution in [1.82, 2.24) is 10.2 Å². The van der Waals surface area contributed by atoms with E-state index in [2.05, 4.69) is 57.3 Å². The van der Waals surface area contributed by atoms with E-state index in [-0.39, 0.29) is 18.1 Å². The zero-order valence-corrected chi connectivity index (χ0v) is 13.7. The molecule has 2 rings (SSSR count). The second-order valence-electron chi connectivity index (χ2n) is 6.51. The topological polar surface area (TPSA) is 32.3 Å². The molecule has 3 nitrogen and oxygen atoms in total. The highest BCUT2D eigenvalue weighted by molar-refractivity contribution is 5.84. The summed E-state index contributed by atoms with van der Waals surface area (Å²) >= 11 is 0. The van der Waals surface area contributed by atoms with Gasteiger partial charge in [-0.25, -0.2) is 0 Å². The van der Waals surface area contributed by atoms with E-state index >= 15 is 0 Å². The molecule has 1 saturated heterocycles. The molecule has 0 aromatic heterocycles. The van der Waals surface area contributed by atoms with Crippen molar-refractivity contribution in [2.75, 3.05) is 6.54 Å². The Morgan fingerprint density at radius 3 is 2.62 bits per heavy atom. The van der Waals surface area contributed by atoms with Gasteiger partial charge in [-0.15, -0.1) is 0 Å². The van der Waals surface area contributed by atoms with E-state index in [1.165, 1.54) is 11.1 Å². The maximum Gasteiger partial charge on any atom is 0.241 e. The first kappa shape index (κ1) is 16.0. The summed E-state index contributed by atoms with van der Waals surface area (Å²) in [4.78, 5) is 14.7. The van der Waals surface area contributed by atoms with Crippen LogP contribution in [-0.4, -0.2) is 23.4 Å². The van der Waals surface area contributed by atoms with Gasteiger partial charge < -0.3 is 4.90 Å². The molecule has 1 aromatic rings. The number of hydrogen-bond acceptors (Lipinski definition) is 2. The van der Waals surface area contributed by atoms with Gasteiger partial charge in [0.1, 0.15) is 6.17 Å². The van der Waals surface area contributed by atoms with Crippen molar-refractivity contribution in [3.63, 3.8) is 0 Å². The zero-order valence-electron chi connectivity index (χ0n) is 13.7. The van der Waals surface area contributed by atoms with Crippen LogP contribution in [0.25, 0.3) is 0 Å². The number of amides is 1. The van der Waals surface area contributed by atoms with Crippen LogP contribution in [0.5, 0.6) is 0 Å². The van der Waals surface area contributed by atoms with Gasteiger partial charge in [-0.3, -0.25) is 10.1 Å². The molecule has 0 saturated carbocycles. The van der Waals surface area contributed by atoms with Crippen LogP contribution in [0.1, 0.15) is 57.3 Å². The molecule has 2 unspecified atom stereocenters. The van der Waals surface area contributed by atoms with Gasteiger partial charge in [-0.2, -0.15) is 0 Å². The first-order chi connectivity index (χ1) is 10.0. The van der Waals surface area contributed by atoms with Crippen LogP contribution >= 0.6 is 0 Å². The van der Waals surface area contributed by atoms with Gasteiger partial charge in [-0.05, 0) is 30.4 Å². The molecule has 2 atom stereocenters. The van der Waals surface area contributed by atoms with Crippen molar-refractivity contribution in [1.29, 1.82) is 0 Å². The highest BCUT2D eigenvalue weighted by Crippen LogP contribution is 2.29. The Morgan fingerprint density at radius 1 is 1.29 bits per heavy atom. The average Bonchev–Trinajstić information content (AvgIpc) is 2.74. The number of carbonyl (C=O) groups excluding carboxylic acids is 1. The maximum atomic E-state index is 12.7. The molecule has 0 aliphatic carbocycles. The predicted octanol–water partition coefficient (Wildman–Crippen LogP) is 3.64. The van der Waals surface area contributed by atoms with E-state index in [0.29, 0.717) is 5.92 Å². The Morgan fingerprint density at radius 2 is 2.00 bits per heavy atom. The number of rotatable bonds is 6. The molecule has 116 valence electrons. The smallest absolute Gasteiger partial charge is 0.241 e. The highest BCUT2D eigenvalue weighted by atomic mass is 16.2. The van der Waals surface area contributed by atoms with Gasteiger partial charge in [0.15, 0.2) is 0 Å². The van der Waals surface area contributed by atoms with Crippen LogP contribution in [0.4, 0.5) is 0 Å². The largest absolute Gasteiger partial charge is 0.321 e. The molecule has 0 bridgehead atoms. The molecule has 1 fully saturated rings. The number of aryl methyl sites for hydroxylation is 1. The number of hydrogen-bond donors (Lipinski definition) is 1. The van der Waals surface area contributed by atoms with Crippen molar-refractivity contribution >= 4 is 5.91 Å². The fourth-order valence-electron chi connectivity index (χ4n) is 3.03. The average molecular weight is 288 g/mol. The Hall–Kier alpha value is -1.35. The summed E-state index contributed by atoms with van der Waals surface area (Å²) in [5.41, 5.74) is 2.47. The van der Waals surface area contributed by atoms with E-state index < -0.39 is 0 Å². The number of nitrogens with one attached hydrogen (secondary N) is 1. The fourth-order valence-corrected chi connectivity index (χ4v) is 3.03. The van der Waals surface area contributed by atoms with Crippen LogP contribution in [-0.2, 0) is 4.79 Å². The molecule has 1 N–H and O–H groups in total. The van der Waals surface area contributed by atoms with Crippen molar-refractivity contribution in [3.05, 3.63) is 35.4 Å². The van der Waals surface area contributed by atoms with Gasteiger partial charge in [0, 0.05) is 6.54 Å². The Kier molecular flexibility index (Phi) is 5.40. The fraction of sp³-hybridized carbons (Fsp3) is 0.611. The molecule has 1 amide bonds. The first-order valence-electron chi connectivity index (χ1n) is 8.16. The number of unbranched alkanes of at least 4 members (excludes halogenated alkanes) is 1. The van der Waals surface area contributed by atoms with Crippen LogP contribution in [0.15, 0.2) is 24.3 Å². The molecule has 3 heteroatoms. The third kappa shape index (κ3) is 3.65. The SMILES string of the molecule is CCCCC1NC(c2ccccc2C)N(CC(C)C)C1=O. The standard InChI is InChI=1S/C18H28N2O/c1-5-6-11-16-18(21)20(12-13(2)3)17(19-16)15-10-8-7-9-14(15)4/h7-10,13,16-17,19H,5-6,11-12H2,1-4H3. The molecular weight excluding hydrogens is 260 g/mol. The van der Waals surface area contributed by atoms with E-state index in [1.807, 2.05) is 4.90 Å². The number of nitrogens with zero attached hydrogens (tertiary/aromatic N) is 1. The third-order valence-electron chi connectivity index (χ3n) is 4.14. The molecule has 1 heterocycles. The lowest BCUT2D eigenvalue weighted by Crippen LogP contribution is -2.34. The van der Waals surface area contributed by atoms with Crippen LogP contribution < -0.4 is 5.32 Å². The second-order valence-corrected chi connectivity index (χ2v) is 6.51. The molecule has 0 spiro atoms. The summed E-state index contributed by atoms with van der Waals surface area (Å²) in [6.07, 6.45) is 3.19. The molecule has 1 aliphatic rings. The van der Waals surface area contributed by atoms with Gasteiger partial charge >= 0.3 is 0 Å². The summed E-state index contributed by atoms with van der Waals surface area (Å²) < 4.78 is 0. The minimum Gasteiger partial charge on any atom is -0.321 e. The van der Waals surface area contributed by atoms with Crippen LogP contribution in [0.2, 0.25) is 0 Å². The van der Waals surface area contributed by atoms with Gasteiger partial charge in [0.25, 0.3) is 0 Å². The minimum absolute atomic E-state index is 0.0201. The van der Waals surface area contributed by atoms with E-state index in [9.17, 15) is 4.79 Å².